The van der Waals surface area contributed by atoms with Crippen molar-refractivity contribution in [2.45, 2.75) is 18.3 Å². The minimum atomic E-state index is -0.423. The van der Waals surface area contributed by atoms with E-state index in [4.69, 9.17) is 4.74 Å². The van der Waals surface area contributed by atoms with E-state index in [9.17, 15) is 9.59 Å². The molecule has 0 bridgehead atoms. The lowest BCUT2D eigenvalue weighted by Gasteiger charge is -2.15. The summed E-state index contributed by atoms with van der Waals surface area (Å²) in [6.45, 7) is 0.930. The first-order chi connectivity index (χ1) is 9.69. The summed E-state index contributed by atoms with van der Waals surface area (Å²) in [6.07, 6.45) is 1.68. The molecule has 20 heavy (non-hydrogen) atoms. The van der Waals surface area contributed by atoms with E-state index < -0.39 is 5.41 Å². The lowest BCUT2D eigenvalue weighted by atomic mass is 9.95. The topological polar surface area (TPSA) is 67.4 Å². The van der Waals surface area contributed by atoms with Gasteiger partial charge in [-0.3, -0.25) is 9.59 Å². The number of ether oxygens (including phenoxy) is 1. The lowest BCUT2D eigenvalue weighted by Crippen LogP contribution is -2.42. The summed E-state index contributed by atoms with van der Waals surface area (Å²) < 4.78 is 4.84. The minimum Gasteiger partial charge on any atom is -0.383 e. The molecular weight excluding hydrogens is 256 g/mol. The number of rotatable bonds is 7. The number of hydrogen-bond acceptors (Lipinski definition) is 3. The third-order valence-corrected chi connectivity index (χ3v) is 3.55. The first-order valence-corrected chi connectivity index (χ1v) is 6.78. The van der Waals surface area contributed by atoms with Gasteiger partial charge < -0.3 is 15.4 Å². The molecule has 1 aromatic rings. The Kier molecular flexibility index (Phi) is 4.74. The standard InChI is InChI=1S/C15H20N2O3/c1-20-10-9-16-13(18)11-17-14(19)15(7-8-15)12-5-3-2-4-6-12/h2-6H,7-11H2,1H3,(H,16,18)(H,17,19). The predicted molar refractivity (Wildman–Crippen MR) is 75.2 cm³/mol. The van der Waals surface area contributed by atoms with Gasteiger partial charge in [-0.1, -0.05) is 30.3 Å². The smallest absolute Gasteiger partial charge is 0.239 e. The molecule has 0 heterocycles. The van der Waals surface area contributed by atoms with E-state index in [0.717, 1.165) is 18.4 Å². The van der Waals surface area contributed by atoms with Gasteiger partial charge in [0.05, 0.1) is 18.6 Å². The van der Waals surface area contributed by atoms with Gasteiger partial charge in [-0.25, -0.2) is 0 Å². The third-order valence-electron chi connectivity index (χ3n) is 3.55. The molecule has 1 fully saturated rings. The van der Waals surface area contributed by atoms with Crippen molar-refractivity contribution in [2.75, 3.05) is 26.8 Å². The van der Waals surface area contributed by atoms with Crippen molar-refractivity contribution in [1.82, 2.24) is 10.6 Å². The second-order valence-electron chi connectivity index (χ2n) is 4.97. The van der Waals surface area contributed by atoms with Crippen LogP contribution in [0.4, 0.5) is 0 Å². The van der Waals surface area contributed by atoms with E-state index in [1.807, 2.05) is 30.3 Å². The highest BCUT2D eigenvalue weighted by atomic mass is 16.5. The molecular formula is C15H20N2O3. The van der Waals surface area contributed by atoms with Crippen molar-refractivity contribution in [3.63, 3.8) is 0 Å². The van der Waals surface area contributed by atoms with Crippen molar-refractivity contribution < 1.29 is 14.3 Å². The molecule has 1 saturated carbocycles. The predicted octanol–water partition coefficient (Wildman–Crippen LogP) is 0.597. The maximum atomic E-state index is 12.2. The van der Waals surface area contributed by atoms with Gasteiger partial charge in [-0.05, 0) is 18.4 Å². The maximum Gasteiger partial charge on any atom is 0.239 e. The van der Waals surface area contributed by atoms with E-state index in [1.165, 1.54) is 0 Å². The van der Waals surface area contributed by atoms with Crippen LogP contribution in [0.25, 0.3) is 0 Å². The molecule has 0 atom stereocenters. The Morgan fingerprint density at radius 2 is 1.90 bits per heavy atom. The van der Waals surface area contributed by atoms with E-state index >= 15 is 0 Å². The summed E-state index contributed by atoms with van der Waals surface area (Å²) in [5.74, 6) is -0.259. The van der Waals surface area contributed by atoms with Crippen LogP contribution in [-0.2, 0) is 19.7 Å². The van der Waals surface area contributed by atoms with Crippen LogP contribution in [0.15, 0.2) is 30.3 Å². The quantitative estimate of drug-likeness (QED) is 0.717. The van der Waals surface area contributed by atoms with Gasteiger partial charge in [0, 0.05) is 13.7 Å². The van der Waals surface area contributed by atoms with Gasteiger partial charge in [0.2, 0.25) is 11.8 Å². The Morgan fingerprint density at radius 1 is 1.20 bits per heavy atom. The zero-order valence-electron chi connectivity index (χ0n) is 11.6. The number of hydrogen-bond donors (Lipinski definition) is 2. The van der Waals surface area contributed by atoms with Gasteiger partial charge in [0.15, 0.2) is 0 Å². The second kappa shape index (κ2) is 6.52. The zero-order valence-corrected chi connectivity index (χ0v) is 11.6. The largest absolute Gasteiger partial charge is 0.383 e. The Labute approximate surface area is 118 Å². The van der Waals surface area contributed by atoms with Gasteiger partial charge in [0.25, 0.3) is 0 Å². The Hall–Kier alpha value is -1.88. The van der Waals surface area contributed by atoms with Crippen molar-refractivity contribution in [2.24, 2.45) is 0 Å². The molecule has 1 aromatic carbocycles. The third kappa shape index (κ3) is 3.36. The average Bonchev–Trinajstić information content (AvgIpc) is 3.28. The number of nitrogens with one attached hydrogen (secondary N) is 2. The number of benzene rings is 1. The molecule has 5 nitrogen and oxygen atoms in total. The van der Waals surface area contributed by atoms with Crippen molar-refractivity contribution >= 4 is 11.8 Å². The summed E-state index contributed by atoms with van der Waals surface area (Å²) in [4.78, 5) is 23.8. The molecule has 0 spiro atoms. The Bertz CT molecular complexity index is 469. The summed E-state index contributed by atoms with van der Waals surface area (Å²) in [5, 5.41) is 5.39. The van der Waals surface area contributed by atoms with Gasteiger partial charge in [-0.2, -0.15) is 0 Å². The van der Waals surface area contributed by atoms with Crippen LogP contribution in [-0.4, -0.2) is 38.6 Å². The summed E-state index contributed by atoms with van der Waals surface area (Å²) in [6, 6.07) is 9.72. The molecule has 1 aliphatic rings. The van der Waals surface area contributed by atoms with E-state index in [2.05, 4.69) is 10.6 Å². The molecule has 2 amide bonds. The normalized spacial score (nSPS) is 15.4. The first-order valence-electron chi connectivity index (χ1n) is 6.78. The fraction of sp³-hybridized carbons (Fsp3) is 0.467. The number of methoxy groups -OCH3 is 1. The fourth-order valence-corrected chi connectivity index (χ4v) is 2.21. The monoisotopic (exact) mass is 276 g/mol. The average molecular weight is 276 g/mol. The van der Waals surface area contributed by atoms with Crippen LogP contribution in [0.3, 0.4) is 0 Å². The summed E-state index contributed by atoms with van der Waals surface area (Å²) in [5.41, 5.74) is 0.603. The van der Waals surface area contributed by atoms with Crippen LogP contribution < -0.4 is 10.6 Å². The van der Waals surface area contributed by atoms with Crippen LogP contribution >= 0.6 is 0 Å². The van der Waals surface area contributed by atoms with E-state index in [0.29, 0.717) is 13.2 Å². The lowest BCUT2D eigenvalue weighted by molar-refractivity contribution is -0.127. The summed E-state index contributed by atoms with van der Waals surface area (Å²) in [7, 11) is 1.57. The number of carbonyl (C=O) groups excluding carboxylic acids is 2. The first kappa shape index (κ1) is 14.5. The molecule has 1 aliphatic carbocycles. The molecule has 2 rings (SSSR count). The molecule has 0 radical (unpaired) electrons. The molecule has 0 unspecified atom stereocenters. The highest BCUT2D eigenvalue weighted by Gasteiger charge is 2.51. The molecule has 0 saturated heterocycles. The molecule has 108 valence electrons. The molecule has 5 heteroatoms. The van der Waals surface area contributed by atoms with Gasteiger partial charge >= 0.3 is 0 Å². The maximum absolute atomic E-state index is 12.2. The van der Waals surface area contributed by atoms with Crippen LogP contribution in [0.2, 0.25) is 0 Å². The zero-order chi connectivity index (χ0) is 14.4. The number of amides is 2. The Balaban J connectivity index is 1.82. The molecule has 2 N–H and O–H groups in total. The van der Waals surface area contributed by atoms with E-state index in [1.54, 1.807) is 7.11 Å². The van der Waals surface area contributed by atoms with Gasteiger partial charge in [0.1, 0.15) is 0 Å². The number of carbonyl (C=O) groups is 2. The molecule has 0 aromatic heterocycles. The molecule has 0 aliphatic heterocycles. The fourth-order valence-electron chi connectivity index (χ4n) is 2.21. The highest BCUT2D eigenvalue weighted by Crippen LogP contribution is 2.48. The van der Waals surface area contributed by atoms with Crippen LogP contribution in [0.5, 0.6) is 0 Å². The summed E-state index contributed by atoms with van der Waals surface area (Å²) >= 11 is 0. The van der Waals surface area contributed by atoms with E-state index in [-0.39, 0.29) is 18.4 Å². The van der Waals surface area contributed by atoms with Crippen molar-refractivity contribution in [3.05, 3.63) is 35.9 Å². The van der Waals surface area contributed by atoms with Crippen molar-refractivity contribution in [3.8, 4) is 0 Å². The highest BCUT2D eigenvalue weighted by molar-refractivity contribution is 5.93. The Morgan fingerprint density at radius 3 is 2.50 bits per heavy atom. The minimum absolute atomic E-state index is 0.0110. The van der Waals surface area contributed by atoms with Gasteiger partial charge in [-0.15, -0.1) is 0 Å². The SMILES string of the molecule is COCCNC(=O)CNC(=O)C1(c2ccccc2)CC1. The van der Waals surface area contributed by atoms with Crippen LogP contribution in [0.1, 0.15) is 18.4 Å². The second-order valence-corrected chi connectivity index (χ2v) is 4.97. The van der Waals surface area contributed by atoms with Crippen molar-refractivity contribution in [1.29, 1.82) is 0 Å². The van der Waals surface area contributed by atoms with Crippen LogP contribution in [0, 0.1) is 0 Å².